The Hall–Kier alpha value is -1.80. The molecule has 0 atom stereocenters. The molecule has 2 aromatic carbocycles. The molecule has 0 unspecified atom stereocenters. The van der Waals surface area contributed by atoms with E-state index in [0.29, 0.717) is 11.6 Å². The van der Waals surface area contributed by atoms with Gasteiger partial charge in [0.25, 0.3) is 10.0 Å². The molecule has 0 heterocycles. The van der Waals surface area contributed by atoms with Crippen molar-refractivity contribution in [1.29, 1.82) is 0 Å². The summed E-state index contributed by atoms with van der Waals surface area (Å²) < 4.78 is 76.0. The normalized spacial score (nSPS) is 12.1. The maximum Gasteiger partial charge on any atom is 0.335 e. The third-order valence-electron chi connectivity index (χ3n) is 3.44. The van der Waals surface area contributed by atoms with Gasteiger partial charge in [-0.2, -0.15) is 0 Å². The number of nitrogens with one attached hydrogen (secondary N) is 1. The molecule has 2 aromatic rings. The van der Waals surface area contributed by atoms with Crippen LogP contribution in [-0.2, 0) is 29.8 Å². The fraction of sp³-hybridized carbons (Fsp3) is 0.294. The van der Waals surface area contributed by atoms with Gasteiger partial charge < -0.3 is 9.05 Å². The van der Waals surface area contributed by atoms with Crippen molar-refractivity contribution in [3.05, 3.63) is 59.7 Å². The van der Waals surface area contributed by atoms with Crippen molar-refractivity contribution in [2.75, 3.05) is 17.9 Å². The van der Waals surface area contributed by atoms with Gasteiger partial charge in [0.15, 0.2) is 11.6 Å². The number of anilines is 1. The predicted molar refractivity (Wildman–Crippen MR) is 98.2 cm³/mol. The zero-order valence-electron chi connectivity index (χ0n) is 14.8. The summed E-state index contributed by atoms with van der Waals surface area (Å²) in [5.41, 5.74) is 0.849. The van der Waals surface area contributed by atoms with E-state index in [1.807, 2.05) is 0 Å². The average molecular weight is 419 g/mol. The summed E-state index contributed by atoms with van der Waals surface area (Å²) in [6, 6.07) is 8.40. The van der Waals surface area contributed by atoms with E-state index in [0.717, 1.165) is 12.1 Å². The van der Waals surface area contributed by atoms with Crippen LogP contribution in [0.25, 0.3) is 0 Å². The fourth-order valence-corrected chi connectivity index (χ4v) is 5.05. The number of hydrogen-bond donors (Lipinski definition) is 1. The molecule has 0 spiro atoms. The van der Waals surface area contributed by atoms with E-state index in [1.165, 1.54) is 12.1 Å². The molecule has 148 valence electrons. The highest BCUT2D eigenvalue weighted by atomic mass is 32.2. The third-order valence-corrected chi connectivity index (χ3v) is 6.87. The highest BCUT2D eigenvalue weighted by Gasteiger charge is 2.24. The van der Waals surface area contributed by atoms with Crippen LogP contribution < -0.4 is 4.72 Å². The number of sulfonamides is 1. The van der Waals surface area contributed by atoms with Crippen molar-refractivity contribution in [3.8, 4) is 0 Å². The molecular formula is C17H20F2NO5PS. The number of hydrogen-bond acceptors (Lipinski definition) is 5. The van der Waals surface area contributed by atoms with Gasteiger partial charge in [-0.3, -0.25) is 9.29 Å². The highest BCUT2D eigenvalue weighted by Crippen LogP contribution is 2.51. The first-order valence-corrected chi connectivity index (χ1v) is 11.3. The summed E-state index contributed by atoms with van der Waals surface area (Å²) in [6.45, 7) is 3.90. The van der Waals surface area contributed by atoms with Gasteiger partial charge >= 0.3 is 7.60 Å². The Morgan fingerprint density at radius 3 is 2.07 bits per heavy atom. The van der Waals surface area contributed by atoms with Crippen LogP contribution in [0.1, 0.15) is 19.4 Å². The van der Waals surface area contributed by atoms with E-state index >= 15 is 0 Å². The Morgan fingerprint density at radius 1 is 0.963 bits per heavy atom. The molecule has 6 nitrogen and oxygen atoms in total. The van der Waals surface area contributed by atoms with Crippen molar-refractivity contribution in [3.63, 3.8) is 0 Å². The van der Waals surface area contributed by atoms with Crippen LogP contribution in [0, 0.1) is 11.6 Å². The quantitative estimate of drug-likeness (QED) is 0.604. The second-order valence-electron chi connectivity index (χ2n) is 5.48. The third kappa shape index (κ3) is 5.84. The fourth-order valence-electron chi connectivity index (χ4n) is 2.28. The lowest BCUT2D eigenvalue weighted by molar-refractivity contribution is 0.219. The predicted octanol–water partition coefficient (Wildman–Crippen LogP) is 4.53. The second-order valence-corrected chi connectivity index (χ2v) is 9.22. The van der Waals surface area contributed by atoms with E-state index in [1.54, 1.807) is 26.0 Å². The monoisotopic (exact) mass is 419 g/mol. The molecule has 0 aromatic heterocycles. The molecule has 2 rings (SSSR count). The Bertz CT molecular complexity index is 925. The summed E-state index contributed by atoms with van der Waals surface area (Å²) in [7, 11) is -7.35. The molecule has 0 saturated carbocycles. The van der Waals surface area contributed by atoms with Crippen LogP contribution in [-0.4, -0.2) is 21.6 Å². The first-order valence-electron chi connectivity index (χ1n) is 8.14. The lowest BCUT2D eigenvalue weighted by Crippen LogP contribution is -2.13. The maximum atomic E-state index is 13.3. The molecule has 0 saturated heterocycles. The van der Waals surface area contributed by atoms with Gasteiger partial charge in [-0.15, -0.1) is 0 Å². The van der Waals surface area contributed by atoms with E-state index in [2.05, 4.69) is 4.72 Å². The van der Waals surface area contributed by atoms with Gasteiger partial charge in [-0.1, -0.05) is 12.1 Å². The molecule has 0 bridgehead atoms. The molecule has 0 fully saturated rings. The molecule has 10 heteroatoms. The largest absolute Gasteiger partial charge is 0.335 e. The van der Waals surface area contributed by atoms with Gasteiger partial charge in [0.1, 0.15) is 0 Å². The minimum atomic E-state index is -4.08. The van der Waals surface area contributed by atoms with Crippen LogP contribution in [0.5, 0.6) is 0 Å². The van der Waals surface area contributed by atoms with Gasteiger partial charge in [0, 0.05) is 5.69 Å². The topological polar surface area (TPSA) is 81.7 Å². The first-order chi connectivity index (χ1) is 12.7. The lowest BCUT2D eigenvalue weighted by Gasteiger charge is -2.17. The number of rotatable bonds is 9. The van der Waals surface area contributed by atoms with Crippen LogP contribution in [0.4, 0.5) is 14.5 Å². The Labute approximate surface area is 157 Å². The average Bonchev–Trinajstić information content (AvgIpc) is 2.59. The van der Waals surface area contributed by atoms with E-state index < -0.39 is 34.1 Å². The Morgan fingerprint density at radius 2 is 1.56 bits per heavy atom. The molecule has 0 amide bonds. The SMILES string of the molecule is CCOP(=O)(Cc1ccc(NS(=O)(=O)c2ccc(F)c(F)c2)cc1)OCC. The van der Waals surface area contributed by atoms with E-state index in [4.69, 9.17) is 9.05 Å². The van der Waals surface area contributed by atoms with Crippen molar-refractivity contribution < 1.29 is 30.8 Å². The van der Waals surface area contributed by atoms with Gasteiger partial charge in [0.2, 0.25) is 0 Å². The first kappa shape index (κ1) is 21.5. The Balaban J connectivity index is 2.15. The minimum Gasteiger partial charge on any atom is -0.309 e. The van der Waals surface area contributed by atoms with Crippen molar-refractivity contribution in [2.24, 2.45) is 0 Å². The summed E-state index contributed by atoms with van der Waals surface area (Å²) in [6.07, 6.45) is 0.0465. The van der Waals surface area contributed by atoms with Crippen LogP contribution in [0.2, 0.25) is 0 Å². The molecule has 1 N–H and O–H groups in total. The van der Waals surface area contributed by atoms with E-state index in [-0.39, 0.29) is 25.1 Å². The molecule has 0 aliphatic carbocycles. The molecular weight excluding hydrogens is 399 g/mol. The van der Waals surface area contributed by atoms with Crippen LogP contribution in [0.3, 0.4) is 0 Å². The second kappa shape index (κ2) is 8.93. The zero-order chi connectivity index (χ0) is 20.1. The maximum absolute atomic E-state index is 13.3. The minimum absolute atomic E-state index is 0.0465. The van der Waals surface area contributed by atoms with Crippen LogP contribution in [0.15, 0.2) is 47.4 Å². The Kier molecular flexibility index (Phi) is 7.11. The van der Waals surface area contributed by atoms with Crippen molar-refractivity contribution in [2.45, 2.75) is 24.9 Å². The summed E-state index contributed by atoms with van der Waals surface area (Å²) >= 11 is 0. The molecule has 27 heavy (non-hydrogen) atoms. The zero-order valence-corrected chi connectivity index (χ0v) is 16.5. The summed E-state index contributed by atoms with van der Waals surface area (Å²) in [4.78, 5) is -0.400. The lowest BCUT2D eigenvalue weighted by atomic mass is 10.2. The number of benzene rings is 2. The standard InChI is InChI=1S/C17H20F2NO5PS/c1-3-24-26(21,25-4-2)12-13-5-7-14(8-6-13)20-27(22,23)15-9-10-16(18)17(19)11-15/h5-11,20H,3-4,12H2,1-2H3. The molecule has 0 aliphatic heterocycles. The van der Waals surface area contributed by atoms with Crippen LogP contribution >= 0.6 is 7.60 Å². The summed E-state index contributed by atoms with van der Waals surface area (Å²) in [5.74, 6) is -2.39. The molecule has 0 radical (unpaired) electrons. The smallest absolute Gasteiger partial charge is 0.309 e. The number of halogens is 2. The van der Waals surface area contributed by atoms with Gasteiger partial charge in [0.05, 0.1) is 24.3 Å². The highest BCUT2D eigenvalue weighted by molar-refractivity contribution is 7.92. The summed E-state index contributed by atoms with van der Waals surface area (Å²) in [5, 5.41) is 0. The van der Waals surface area contributed by atoms with Gasteiger partial charge in [-0.05, 0) is 49.7 Å². The van der Waals surface area contributed by atoms with E-state index in [9.17, 15) is 21.8 Å². The molecule has 0 aliphatic rings. The van der Waals surface area contributed by atoms with Crippen molar-refractivity contribution in [1.82, 2.24) is 0 Å². The van der Waals surface area contributed by atoms with Gasteiger partial charge in [-0.25, -0.2) is 17.2 Å². The van der Waals surface area contributed by atoms with Crippen molar-refractivity contribution >= 4 is 23.3 Å².